The molecule has 7 nitrogen and oxygen atoms in total. The van der Waals surface area contributed by atoms with E-state index in [1.807, 2.05) is 0 Å². The van der Waals surface area contributed by atoms with Crippen molar-refractivity contribution in [1.29, 1.82) is 0 Å². The summed E-state index contributed by atoms with van der Waals surface area (Å²) in [5, 5.41) is 11.5. The van der Waals surface area contributed by atoms with E-state index < -0.39 is 35.7 Å². The summed E-state index contributed by atoms with van der Waals surface area (Å²) in [5.74, 6) is -3.64. The van der Waals surface area contributed by atoms with Gasteiger partial charge in [0, 0.05) is 12.5 Å². The lowest BCUT2D eigenvalue weighted by atomic mass is 10.0. The number of para-hydroxylation sites is 1. The highest BCUT2D eigenvalue weighted by Gasteiger charge is 2.45. The predicted octanol–water partition coefficient (Wildman–Crippen LogP) is 0.926. The van der Waals surface area contributed by atoms with E-state index in [0.717, 1.165) is 21.6 Å². The number of carboxylic acid groups (broad SMARTS) is 1. The molecule has 0 bridgehead atoms. The fourth-order valence-corrected chi connectivity index (χ4v) is 4.60. The summed E-state index contributed by atoms with van der Waals surface area (Å²) in [6.45, 7) is 4.53. The Morgan fingerprint density at radius 3 is 2.33 bits per heavy atom. The molecule has 1 fully saturated rings. The number of hydrogen-bond donors (Lipinski definition) is 0. The molecule has 0 aromatic heterocycles. The van der Waals surface area contributed by atoms with Crippen LogP contribution in [0.5, 0.6) is 0 Å². The van der Waals surface area contributed by atoms with Gasteiger partial charge in [-0.05, 0) is 12.0 Å². The molecule has 0 aliphatic carbocycles. The second-order valence-corrected chi connectivity index (χ2v) is 8.08. The largest absolute Gasteiger partial charge is 0.548 e. The number of fused-ring (bicyclic) bond motifs is 1. The van der Waals surface area contributed by atoms with Crippen molar-refractivity contribution in [3.8, 4) is 0 Å². The summed E-state index contributed by atoms with van der Waals surface area (Å²) in [4.78, 5) is 51.4. The van der Waals surface area contributed by atoms with Gasteiger partial charge in [0.2, 0.25) is 5.91 Å². The molecule has 9 heteroatoms. The van der Waals surface area contributed by atoms with Crippen molar-refractivity contribution in [3.05, 3.63) is 34.7 Å². The van der Waals surface area contributed by atoms with Gasteiger partial charge in [-0.2, -0.15) is 0 Å². The Labute approximate surface area is 165 Å². The Morgan fingerprint density at radius 1 is 1.15 bits per heavy atom. The van der Waals surface area contributed by atoms with Crippen molar-refractivity contribution in [3.63, 3.8) is 0 Å². The third-order valence-electron chi connectivity index (χ3n) is 4.32. The number of carbonyl (C=O) groups is 4. The van der Waals surface area contributed by atoms with Gasteiger partial charge in [0.15, 0.2) is 0 Å². The molecule has 0 unspecified atom stereocenters. The summed E-state index contributed by atoms with van der Waals surface area (Å²) in [6, 6.07) is 5.37. The Kier molecular flexibility index (Phi) is 4.92. The third-order valence-corrected chi connectivity index (χ3v) is 5.72. The summed E-state index contributed by atoms with van der Waals surface area (Å²) in [5.41, 5.74) is 0.879. The molecule has 1 aromatic rings. The van der Waals surface area contributed by atoms with Gasteiger partial charge in [0.05, 0.1) is 28.2 Å². The fourth-order valence-electron chi connectivity index (χ4n) is 3.19. The van der Waals surface area contributed by atoms with E-state index in [-0.39, 0.29) is 14.8 Å². The second-order valence-electron chi connectivity index (χ2n) is 6.43. The third kappa shape index (κ3) is 2.96. The van der Waals surface area contributed by atoms with Gasteiger partial charge in [-0.25, -0.2) is 4.90 Å². The minimum atomic E-state index is -1.42. The first kappa shape index (κ1) is 19.2. The molecule has 0 N–H and O–H groups in total. The van der Waals surface area contributed by atoms with Crippen LogP contribution in [0.3, 0.4) is 0 Å². The zero-order valence-electron chi connectivity index (χ0n) is 14.7. The van der Waals surface area contributed by atoms with Crippen molar-refractivity contribution in [2.45, 2.75) is 26.8 Å². The zero-order chi connectivity index (χ0) is 20.0. The number of rotatable bonds is 3. The molecule has 0 spiro atoms. The average molecular weight is 403 g/mol. The number of nitrogens with zero attached hydrogens (tertiary/aromatic N) is 2. The van der Waals surface area contributed by atoms with E-state index in [0.29, 0.717) is 11.3 Å². The molecule has 27 heavy (non-hydrogen) atoms. The highest BCUT2D eigenvalue weighted by atomic mass is 32.2. The molecule has 3 rings (SSSR count). The van der Waals surface area contributed by atoms with Gasteiger partial charge in [0.25, 0.3) is 11.8 Å². The molecule has 3 amide bonds. The van der Waals surface area contributed by atoms with Crippen LogP contribution in [0.2, 0.25) is 0 Å². The smallest absolute Gasteiger partial charge is 0.267 e. The number of thioether (sulfide) groups is 1. The van der Waals surface area contributed by atoms with Crippen molar-refractivity contribution < 1.29 is 24.3 Å². The number of imide groups is 1. The highest BCUT2D eigenvalue weighted by molar-refractivity contribution is 8.26. The Bertz CT molecular complexity index is 937. The molecular formula is C18H15N2O5S2-. The Balaban J connectivity index is 2.16. The lowest BCUT2D eigenvalue weighted by molar-refractivity contribution is -0.311. The monoisotopic (exact) mass is 403 g/mol. The van der Waals surface area contributed by atoms with Crippen LogP contribution in [-0.2, 0) is 19.2 Å². The quantitative estimate of drug-likeness (QED) is 0.547. The molecule has 0 saturated carbocycles. The van der Waals surface area contributed by atoms with E-state index in [2.05, 4.69) is 0 Å². The molecule has 2 aliphatic heterocycles. The number of anilines is 1. The second kappa shape index (κ2) is 6.90. The molecule has 2 aliphatic rings. The predicted molar refractivity (Wildman–Crippen MR) is 102 cm³/mol. The first-order valence-electron chi connectivity index (χ1n) is 8.11. The number of carbonyl (C=O) groups excluding carboxylic acids is 4. The van der Waals surface area contributed by atoms with Gasteiger partial charge in [-0.1, -0.05) is 56.0 Å². The molecule has 0 radical (unpaired) electrons. The standard InChI is InChI=1S/C18H16N2O5S2/c1-8(2)13(17(24)25)20-16(23)14(27-18(20)26)12-10-6-4-5-7-11(10)19(9(3)21)15(12)22/h4-8,13H,1-3H3,(H,24,25)/p-1/b14-12-/t13-/m1/s1. The summed E-state index contributed by atoms with van der Waals surface area (Å²) >= 11 is 6.07. The van der Waals surface area contributed by atoms with Gasteiger partial charge in [-0.15, -0.1) is 0 Å². The summed E-state index contributed by atoms with van der Waals surface area (Å²) in [7, 11) is 0. The van der Waals surface area contributed by atoms with Crippen LogP contribution in [0, 0.1) is 5.92 Å². The van der Waals surface area contributed by atoms with Crippen LogP contribution in [0.1, 0.15) is 26.3 Å². The molecule has 1 atom stereocenters. The fraction of sp³-hybridized carbons (Fsp3) is 0.278. The lowest BCUT2D eigenvalue weighted by Gasteiger charge is -2.30. The van der Waals surface area contributed by atoms with Crippen LogP contribution in [0.4, 0.5) is 5.69 Å². The molecule has 140 valence electrons. The molecule has 1 saturated heterocycles. The number of aliphatic carboxylic acids is 1. The van der Waals surface area contributed by atoms with E-state index >= 15 is 0 Å². The van der Waals surface area contributed by atoms with E-state index in [9.17, 15) is 24.3 Å². The zero-order valence-corrected chi connectivity index (χ0v) is 16.3. The molecular weight excluding hydrogens is 388 g/mol. The number of benzene rings is 1. The minimum absolute atomic E-state index is 0.0214. The topological polar surface area (TPSA) is 97.8 Å². The molecule has 2 heterocycles. The van der Waals surface area contributed by atoms with E-state index in [1.165, 1.54) is 6.92 Å². The van der Waals surface area contributed by atoms with Crippen LogP contribution < -0.4 is 10.0 Å². The lowest BCUT2D eigenvalue weighted by Crippen LogP contribution is -2.52. The van der Waals surface area contributed by atoms with Gasteiger partial charge < -0.3 is 9.90 Å². The number of amides is 3. The van der Waals surface area contributed by atoms with Crippen LogP contribution in [-0.4, -0.2) is 39.0 Å². The summed E-state index contributed by atoms with van der Waals surface area (Å²) in [6.07, 6.45) is 0. The van der Waals surface area contributed by atoms with Gasteiger partial charge >= 0.3 is 0 Å². The van der Waals surface area contributed by atoms with Crippen LogP contribution >= 0.6 is 24.0 Å². The van der Waals surface area contributed by atoms with Crippen molar-refractivity contribution in [1.82, 2.24) is 4.90 Å². The molecule has 1 aromatic carbocycles. The van der Waals surface area contributed by atoms with Crippen molar-refractivity contribution in [2.75, 3.05) is 4.90 Å². The maximum absolute atomic E-state index is 13.0. The normalized spacial score (nSPS) is 20.5. The first-order chi connectivity index (χ1) is 12.7. The van der Waals surface area contributed by atoms with Crippen molar-refractivity contribution in [2.24, 2.45) is 5.92 Å². The van der Waals surface area contributed by atoms with Gasteiger partial charge in [-0.3, -0.25) is 19.3 Å². The average Bonchev–Trinajstić information content (AvgIpc) is 3.01. The van der Waals surface area contributed by atoms with E-state index in [4.69, 9.17) is 12.2 Å². The van der Waals surface area contributed by atoms with Crippen LogP contribution in [0.25, 0.3) is 5.57 Å². The summed E-state index contributed by atoms with van der Waals surface area (Å²) < 4.78 is 0.0388. The van der Waals surface area contributed by atoms with Crippen molar-refractivity contribution >= 4 is 63.3 Å². The van der Waals surface area contributed by atoms with Crippen LogP contribution in [0.15, 0.2) is 29.2 Å². The number of hydrogen-bond acceptors (Lipinski definition) is 7. The SMILES string of the molecule is CC(=O)N1C(=O)/C(=C2\SC(=S)N([C@@H](C(=O)[O-])C(C)C)C2=O)c2ccccc21. The minimum Gasteiger partial charge on any atom is -0.548 e. The number of thiocarbonyl (C=S) groups is 1. The number of carboxylic acids is 1. The Morgan fingerprint density at radius 2 is 1.78 bits per heavy atom. The highest BCUT2D eigenvalue weighted by Crippen LogP contribution is 2.45. The maximum atomic E-state index is 13.0. The Hall–Kier alpha value is -2.52. The maximum Gasteiger partial charge on any atom is 0.267 e. The van der Waals surface area contributed by atoms with Gasteiger partial charge in [0.1, 0.15) is 4.32 Å². The van der Waals surface area contributed by atoms with E-state index in [1.54, 1.807) is 38.1 Å². The first-order valence-corrected chi connectivity index (χ1v) is 9.34.